The topological polar surface area (TPSA) is 82.8 Å². The van der Waals surface area contributed by atoms with E-state index in [1.54, 1.807) is 13.8 Å². The Balaban J connectivity index is 1.94. The summed E-state index contributed by atoms with van der Waals surface area (Å²) in [5.41, 5.74) is 0.00194. The van der Waals surface area contributed by atoms with Gasteiger partial charge in [0.2, 0.25) is 5.88 Å². The maximum atomic E-state index is 12.7. The summed E-state index contributed by atoms with van der Waals surface area (Å²) in [6.45, 7) is 0.397. The Kier molecular flexibility index (Phi) is 4.05. The van der Waals surface area contributed by atoms with Crippen molar-refractivity contribution in [3.63, 3.8) is 0 Å². The third-order valence-electron chi connectivity index (χ3n) is 3.95. The summed E-state index contributed by atoms with van der Waals surface area (Å²) in [5.74, 6) is -0.601. The molecule has 0 radical (unpaired) electrons. The number of halogens is 2. The van der Waals surface area contributed by atoms with Gasteiger partial charge in [0.25, 0.3) is 0 Å². The molecule has 0 unspecified atom stereocenters. The van der Waals surface area contributed by atoms with E-state index in [9.17, 15) is 17.2 Å². The first-order chi connectivity index (χ1) is 11.1. The van der Waals surface area contributed by atoms with E-state index in [0.717, 1.165) is 12.8 Å². The molecule has 1 aromatic heterocycles. The molecule has 1 aliphatic carbocycles. The Labute approximate surface area is 138 Å². The van der Waals surface area contributed by atoms with Crippen LogP contribution in [0.1, 0.15) is 50.3 Å². The number of aryl methyl sites for hydroxylation is 1. The molecule has 2 heterocycles. The SMILES string of the molecule is Cn1nc(C2CC2)c(CS(=O)(=O)C2=NOC(C)(C)C2)c1OC(F)F. The number of alkyl halides is 2. The molecular formula is C14H19F2N3O4S. The average molecular weight is 363 g/mol. The van der Waals surface area contributed by atoms with Crippen molar-refractivity contribution < 1.29 is 26.8 Å². The van der Waals surface area contributed by atoms with Gasteiger partial charge >= 0.3 is 6.61 Å². The highest BCUT2D eigenvalue weighted by Gasteiger charge is 2.39. The molecule has 1 aromatic rings. The van der Waals surface area contributed by atoms with E-state index in [1.165, 1.54) is 11.7 Å². The first-order valence-electron chi connectivity index (χ1n) is 7.57. The zero-order valence-electron chi connectivity index (χ0n) is 13.6. The summed E-state index contributed by atoms with van der Waals surface area (Å²) >= 11 is 0. The molecule has 0 amide bonds. The van der Waals surface area contributed by atoms with Crippen molar-refractivity contribution in [2.45, 2.75) is 57.0 Å². The fourth-order valence-corrected chi connectivity index (χ4v) is 4.20. The van der Waals surface area contributed by atoms with Gasteiger partial charge in [0, 0.05) is 19.4 Å². The average Bonchev–Trinajstić information content (AvgIpc) is 3.16. The lowest BCUT2D eigenvalue weighted by atomic mass is 10.1. The minimum absolute atomic E-state index is 0.0823. The maximum absolute atomic E-state index is 12.7. The molecule has 1 aliphatic heterocycles. The Morgan fingerprint density at radius 3 is 2.58 bits per heavy atom. The van der Waals surface area contributed by atoms with E-state index in [4.69, 9.17) is 4.84 Å². The highest BCUT2D eigenvalue weighted by molar-refractivity contribution is 8.05. The van der Waals surface area contributed by atoms with Crippen molar-refractivity contribution in [2.24, 2.45) is 12.2 Å². The van der Waals surface area contributed by atoms with Crippen LogP contribution >= 0.6 is 0 Å². The molecule has 2 aliphatic rings. The third-order valence-corrected chi connectivity index (χ3v) is 5.55. The fraction of sp³-hybridized carbons (Fsp3) is 0.714. The lowest BCUT2D eigenvalue weighted by molar-refractivity contribution is -0.0558. The van der Waals surface area contributed by atoms with Crippen LogP contribution in [-0.2, 0) is 27.5 Å². The molecule has 1 saturated carbocycles. The number of aromatic nitrogens is 2. The molecule has 1 fully saturated rings. The third kappa shape index (κ3) is 3.38. The van der Waals surface area contributed by atoms with E-state index in [1.807, 2.05) is 0 Å². The second-order valence-electron chi connectivity index (χ2n) is 6.72. The summed E-state index contributed by atoms with van der Waals surface area (Å²) in [5, 5.41) is 7.76. The van der Waals surface area contributed by atoms with E-state index in [2.05, 4.69) is 15.0 Å². The van der Waals surface area contributed by atoms with Crippen LogP contribution in [0.25, 0.3) is 0 Å². The Morgan fingerprint density at radius 2 is 2.08 bits per heavy atom. The lowest BCUT2D eigenvalue weighted by Crippen LogP contribution is -2.23. The number of rotatable bonds is 5. The number of sulfone groups is 1. The number of oxime groups is 1. The molecule has 10 heteroatoms. The van der Waals surface area contributed by atoms with Crippen LogP contribution in [0.4, 0.5) is 8.78 Å². The zero-order chi connectivity index (χ0) is 17.7. The Morgan fingerprint density at radius 1 is 1.42 bits per heavy atom. The number of ether oxygens (including phenoxy) is 1. The number of hydrogen-bond acceptors (Lipinski definition) is 6. The second-order valence-corrected chi connectivity index (χ2v) is 8.71. The van der Waals surface area contributed by atoms with E-state index < -0.39 is 27.8 Å². The van der Waals surface area contributed by atoms with Crippen LogP contribution in [0.15, 0.2) is 5.16 Å². The summed E-state index contributed by atoms with van der Waals surface area (Å²) in [7, 11) is -2.35. The standard InChI is InChI=1S/C14H19F2N3O4S/c1-14(2)6-10(18-23-14)24(20,21)7-9-11(8-4-5-8)17-19(3)12(9)22-13(15)16/h8,13H,4-7H2,1-3H3. The molecule has 7 nitrogen and oxygen atoms in total. The molecule has 0 aromatic carbocycles. The number of hydrogen-bond donors (Lipinski definition) is 0. The van der Waals surface area contributed by atoms with E-state index in [-0.39, 0.29) is 28.8 Å². The molecule has 0 N–H and O–H groups in total. The van der Waals surface area contributed by atoms with Crippen molar-refractivity contribution in [3.8, 4) is 5.88 Å². The normalized spacial score (nSPS) is 20.2. The second kappa shape index (κ2) is 5.68. The van der Waals surface area contributed by atoms with Crippen LogP contribution in [-0.4, -0.2) is 35.5 Å². The summed E-state index contributed by atoms with van der Waals surface area (Å²) < 4.78 is 56.3. The predicted molar refractivity (Wildman–Crippen MR) is 81.7 cm³/mol. The van der Waals surface area contributed by atoms with Gasteiger partial charge in [-0.15, -0.1) is 0 Å². The van der Waals surface area contributed by atoms with Gasteiger partial charge in [-0.05, 0) is 26.7 Å². The van der Waals surface area contributed by atoms with Crippen LogP contribution in [0.3, 0.4) is 0 Å². The molecule has 134 valence electrons. The van der Waals surface area contributed by atoms with Gasteiger partial charge in [-0.1, -0.05) is 5.16 Å². The van der Waals surface area contributed by atoms with Crippen molar-refractivity contribution in [2.75, 3.05) is 0 Å². The van der Waals surface area contributed by atoms with Crippen LogP contribution < -0.4 is 4.74 Å². The van der Waals surface area contributed by atoms with Gasteiger partial charge in [0.15, 0.2) is 14.9 Å². The van der Waals surface area contributed by atoms with Gasteiger partial charge in [0.05, 0.1) is 17.0 Å². The Hall–Kier alpha value is -1.71. The van der Waals surface area contributed by atoms with Gasteiger partial charge in [-0.3, -0.25) is 0 Å². The molecule has 3 rings (SSSR count). The molecule has 0 saturated heterocycles. The minimum Gasteiger partial charge on any atom is -0.417 e. The minimum atomic E-state index is -3.81. The fourth-order valence-electron chi connectivity index (χ4n) is 2.67. The highest BCUT2D eigenvalue weighted by Crippen LogP contribution is 2.44. The van der Waals surface area contributed by atoms with Crippen LogP contribution in [0, 0.1) is 0 Å². The van der Waals surface area contributed by atoms with Crippen molar-refractivity contribution in [1.82, 2.24) is 9.78 Å². The van der Waals surface area contributed by atoms with Crippen LogP contribution in [0.2, 0.25) is 0 Å². The summed E-state index contributed by atoms with van der Waals surface area (Å²) in [6, 6.07) is 0. The molecular weight excluding hydrogens is 344 g/mol. The van der Waals surface area contributed by atoms with Crippen molar-refractivity contribution in [3.05, 3.63) is 11.3 Å². The molecule has 0 atom stereocenters. The van der Waals surface area contributed by atoms with Gasteiger partial charge in [-0.25, -0.2) is 13.1 Å². The van der Waals surface area contributed by atoms with E-state index >= 15 is 0 Å². The zero-order valence-corrected chi connectivity index (χ0v) is 14.4. The van der Waals surface area contributed by atoms with Crippen molar-refractivity contribution >= 4 is 14.9 Å². The predicted octanol–water partition coefficient (Wildman–Crippen LogP) is 2.33. The first-order valence-corrected chi connectivity index (χ1v) is 9.23. The largest absolute Gasteiger partial charge is 0.417 e. The molecule has 0 bridgehead atoms. The summed E-state index contributed by atoms with van der Waals surface area (Å²) in [6.07, 6.45) is 1.85. The quantitative estimate of drug-likeness (QED) is 0.802. The highest BCUT2D eigenvalue weighted by atomic mass is 32.2. The molecule has 0 spiro atoms. The van der Waals surface area contributed by atoms with Gasteiger partial charge < -0.3 is 9.57 Å². The summed E-state index contributed by atoms with van der Waals surface area (Å²) in [4.78, 5) is 5.10. The van der Waals surface area contributed by atoms with Crippen LogP contribution in [0.5, 0.6) is 5.88 Å². The lowest BCUT2D eigenvalue weighted by Gasteiger charge is -2.13. The monoisotopic (exact) mass is 363 g/mol. The molecule has 24 heavy (non-hydrogen) atoms. The first kappa shape index (κ1) is 17.1. The van der Waals surface area contributed by atoms with Gasteiger partial charge in [0.1, 0.15) is 5.60 Å². The maximum Gasteiger partial charge on any atom is 0.388 e. The van der Waals surface area contributed by atoms with Gasteiger partial charge in [-0.2, -0.15) is 13.9 Å². The Bertz CT molecular complexity index is 782. The number of nitrogens with zero attached hydrogens (tertiary/aromatic N) is 3. The van der Waals surface area contributed by atoms with E-state index in [0.29, 0.717) is 5.69 Å². The smallest absolute Gasteiger partial charge is 0.388 e. The van der Waals surface area contributed by atoms with Crippen molar-refractivity contribution in [1.29, 1.82) is 0 Å².